The summed E-state index contributed by atoms with van der Waals surface area (Å²) in [6.45, 7) is 7.72. The average Bonchev–Trinajstić information content (AvgIpc) is 3.08. The Morgan fingerprint density at radius 3 is 2.09 bits per heavy atom. The molecule has 0 saturated carbocycles. The van der Waals surface area contributed by atoms with Crippen molar-refractivity contribution in [2.24, 2.45) is 5.92 Å². The number of nitrogens with one attached hydrogen (secondary N) is 1. The van der Waals surface area contributed by atoms with Gasteiger partial charge in [0.1, 0.15) is 6.61 Å². The van der Waals surface area contributed by atoms with Gasteiger partial charge in [0.25, 0.3) is 0 Å². The predicted molar refractivity (Wildman–Crippen MR) is 126 cm³/mol. The molecule has 33 heavy (non-hydrogen) atoms. The van der Waals surface area contributed by atoms with Crippen LogP contribution in [0.2, 0.25) is 0 Å². The third kappa shape index (κ3) is 5.72. The highest BCUT2D eigenvalue weighted by Gasteiger charge is 2.31. The van der Waals surface area contributed by atoms with E-state index < -0.39 is 23.5 Å². The Kier molecular flexibility index (Phi) is 7.41. The summed E-state index contributed by atoms with van der Waals surface area (Å²) in [7, 11) is 0. The number of carboxylic acid groups (broad SMARTS) is 1. The molecule has 2 aromatic rings. The van der Waals surface area contributed by atoms with Crippen LogP contribution in [-0.4, -0.2) is 53.2 Å². The van der Waals surface area contributed by atoms with Gasteiger partial charge in [-0.3, -0.25) is 9.59 Å². The topological polar surface area (TPSA) is 95.9 Å². The van der Waals surface area contributed by atoms with Crippen molar-refractivity contribution in [3.63, 3.8) is 0 Å². The molecule has 1 aliphatic rings. The van der Waals surface area contributed by atoms with Crippen molar-refractivity contribution in [3.8, 4) is 11.1 Å². The van der Waals surface area contributed by atoms with Gasteiger partial charge in [-0.15, -0.1) is 0 Å². The van der Waals surface area contributed by atoms with E-state index in [0.29, 0.717) is 0 Å². The average molecular weight is 453 g/mol. The summed E-state index contributed by atoms with van der Waals surface area (Å²) in [5.41, 5.74) is 4.06. The first-order valence-corrected chi connectivity index (χ1v) is 11.2. The third-order valence-corrected chi connectivity index (χ3v) is 5.94. The first kappa shape index (κ1) is 24.3. The van der Waals surface area contributed by atoms with E-state index in [1.807, 2.05) is 45.0 Å². The van der Waals surface area contributed by atoms with Gasteiger partial charge < -0.3 is 20.1 Å². The molecule has 7 heteroatoms. The largest absolute Gasteiger partial charge is 0.481 e. The number of rotatable bonds is 8. The molecule has 2 aromatic carbocycles. The first-order valence-electron chi connectivity index (χ1n) is 11.2. The highest BCUT2D eigenvalue weighted by atomic mass is 16.5. The molecule has 2 amide bonds. The highest BCUT2D eigenvalue weighted by molar-refractivity contribution is 5.81. The minimum absolute atomic E-state index is 0.0328. The molecule has 0 bridgehead atoms. The van der Waals surface area contributed by atoms with Crippen LogP contribution in [0.15, 0.2) is 48.5 Å². The molecule has 0 aromatic heterocycles. The Balaban J connectivity index is 1.56. The fourth-order valence-corrected chi connectivity index (χ4v) is 4.22. The second kappa shape index (κ2) is 10.1. The van der Waals surface area contributed by atoms with Crippen molar-refractivity contribution in [2.45, 2.75) is 45.6 Å². The molecule has 0 spiro atoms. The Hall–Kier alpha value is -3.35. The van der Waals surface area contributed by atoms with Gasteiger partial charge in [0.05, 0.1) is 12.3 Å². The summed E-state index contributed by atoms with van der Waals surface area (Å²) in [5, 5.41) is 11.7. The van der Waals surface area contributed by atoms with Crippen LogP contribution in [0.25, 0.3) is 11.1 Å². The summed E-state index contributed by atoms with van der Waals surface area (Å²) in [5.74, 6) is -1.71. The number of amides is 2. The third-order valence-electron chi connectivity index (χ3n) is 5.94. The van der Waals surface area contributed by atoms with Gasteiger partial charge >= 0.3 is 12.1 Å². The van der Waals surface area contributed by atoms with Crippen LogP contribution in [0.3, 0.4) is 0 Å². The maximum atomic E-state index is 12.9. The smallest absolute Gasteiger partial charge is 0.407 e. The molecular weight excluding hydrogens is 420 g/mol. The number of nitrogens with zero attached hydrogens (tertiary/aromatic N) is 1. The summed E-state index contributed by atoms with van der Waals surface area (Å²) in [4.78, 5) is 37.8. The van der Waals surface area contributed by atoms with Crippen LogP contribution >= 0.6 is 0 Å². The van der Waals surface area contributed by atoms with Gasteiger partial charge in [0, 0.05) is 24.5 Å². The zero-order chi connectivity index (χ0) is 24.2. The van der Waals surface area contributed by atoms with Gasteiger partial charge in [-0.2, -0.15) is 0 Å². The van der Waals surface area contributed by atoms with Gasteiger partial charge in [-0.1, -0.05) is 55.5 Å². The lowest BCUT2D eigenvalue weighted by molar-refractivity contribution is -0.142. The van der Waals surface area contributed by atoms with Crippen molar-refractivity contribution in [1.82, 2.24) is 10.2 Å². The van der Waals surface area contributed by atoms with Crippen LogP contribution in [-0.2, 0) is 14.3 Å². The van der Waals surface area contributed by atoms with Gasteiger partial charge in [-0.05, 0) is 43.0 Å². The van der Waals surface area contributed by atoms with Crippen LogP contribution in [0.4, 0.5) is 4.79 Å². The monoisotopic (exact) mass is 452 g/mol. The molecule has 0 saturated heterocycles. The van der Waals surface area contributed by atoms with E-state index in [-0.39, 0.29) is 37.9 Å². The van der Waals surface area contributed by atoms with E-state index in [9.17, 15) is 14.4 Å². The lowest BCUT2D eigenvalue weighted by atomic mass is 9.98. The molecule has 0 radical (unpaired) electrons. The fraction of sp³-hybridized carbons (Fsp3) is 0.423. The number of carbonyl (C=O) groups is 3. The van der Waals surface area contributed by atoms with Crippen molar-refractivity contribution >= 4 is 18.0 Å². The lowest BCUT2D eigenvalue weighted by Crippen LogP contribution is -2.50. The van der Waals surface area contributed by atoms with Crippen LogP contribution in [0, 0.1) is 5.92 Å². The quantitative estimate of drug-likeness (QED) is 0.624. The summed E-state index contributed by atoms with van der Waals surface area (Å²) >= 11 is 0. The van der Waals surface area contributed by atoms with Crippen LogP contribution in [0.1, 0.15) is 51.2 Å². The summed E-state index contributed by atoms with van der Waals surface area (Å²) in [6, 6.07) is 16.2. The lowest BCUT2D eigenvalue weighted by Gasteiger charge is -2.37. The number of benzene rings is 2. The number of carbonyl (C=O) groups excluding carboxylic acids is 2. The van der Waals surface area contributed by atoms with Crippen molar-refractivity contribution in [1.29, 1.82) is 0 Å². The number of hydrogen-bond donors (Lipinski definition) is 2. The first-order chi connectivity index (χ1) is 15.6. The number of carboxylic acids is 1. The standard InChI is InChI=1S/C26H32N2O5/c1-17(24(31)28(26(2,3)4)14-13-23(29)30)15-27-25(32)33-16-22-20-11-7-5-9-18(20)19-10-6-8-12-21(19)22/h5-12,17,22H,13-16H2,1-4H3,(H,27,32)(H,29,30). The summed E-state index contributed by atoms with van der Waals surface area (Å²) in [6.07, 6.45) is -0.709. The van der Waals surface area contributed by atoms with Gasteiger partial charge in [-0.25, -0.2) is 4.79 Å². The second-order valence-electron chi connectivity index (χ2n) is 9.41. The summed E-state index contributed by atoms with van der Waals surface area (Å²) < 4.78 is 5.52. The molecule has 0 heterocycles. The number of hydrogen-bond acceptors (Lipinski definition) is 4. The maximum Gasteiger partial charge on any atom is 0.407 e. The predicted octanol–water partition coefficient (Wildman–Crippen LogP) is 4.26. The van der Waals surface area contributed by atoms with E-state index in [4.69, 9.17) is 9.84 Å². The van der Waals surface area contributed by atoms with E-state index in [0.717, 1.165) is 22.3 Å². The highest BCUT2D eigenvalue weighted by Crippen LogP contribution is 2.44. The Labute approximate surface area is 194 Å². The molecule has 7 nitrogen and oxygen atoms in total. The molecule has 2 N–H and O–H groups in total. The van der Waals surface area contributed by atoms with E-state index in [1.54, 1.807) is 11.8 Å². The van der Waals surface area contributed by atoms with Gasteiger partial charge in [0.2, 0.25) is 5.91 Å². The zero-order valence-corrected chi connectivity index (χ0v) is 19.6. The Morgan fingerprint density at radius 2 is 1.58 bits per heavy atom. The number of fused-ring (bicyclic) bond motifs is 3. The minimum Gasteiger partial charge on any atom is -0.481 e. The Morgan fingerprint density at radius 1 is 1.03 bits per heavy atom. The van der Waals surface area contributed by atoms with Crippen LogP contribution < -0.4 is 5.32 Å². The maximum absolute atomic E-state index is 12.9. The molecule has 3 rings (SSSR count). The number of ether oxygens (including phenoxy) is 1. The van der Waals surface area contributed by atoms with E-state index in [1.165, 1.54) is 0 Å². The molecular formula is C26H32N2O5. The zero-order valence-electron chi connectivity index (χ0n) is 19.6. The molecule has 176 valence electrons. The Bertz CT molecular complexity index is 982. The van der Waals surface area contributed by atoms with E-state index >= 15 is 0 Å². The SMILES string of the molecule is CC(CNC(=O)OCC1c2ccccc2-c2ccccc21)C(=O)N(CCC(=O)O)C(C)(C)C. The normalized spacial score (nSPS) is 13.6. The molecule has 0 fully saturated rings. The van der Waals surface area contributed by atoms with Crippen molar-refractivity contribution in [3.05, 3.63) is 59.7 Å². The van der Waals surface area contributed by atoms with E-state index in [2.05, 4.69) is 29.6 Å². The van der Waals surface area contributed by atoms with Crippen molar-refractivity contribution in [2.75, 3.05) is 19.7 Å². The van der Waals surface area contributed by atoms with Crippen molar-refractivity contribution < 1.29 is 24.2 Å². The molecule has 1 atom stereocenters. The molecule has 1 unspecified atom stereocenters. The van der Waals surface area contributed by atoms with Crippen LogP contribution in [0.5, 0.6) is 0 Å². The number of aliphatic carboxylic acids is 1. The fourth-order valence-electron chi connectivity index (χ4n) is 4.22. The molecule has 1 aliphatic carbocycles. The second-order valence-corrected chi connectivity index (χ2v) is 9.41. The minimum atomic E-state index is -0.957. The molecule has 0 aliphatic heterocycles. The number of alkyl carbamates (subject to hydrolysis) is 1. The van der Waals surface area contributed by atoms with Gasteiger partial charge in [0.15, 0.2) is 0 Å².